The molecule has 0 aromatic carbocycles. The quantitative estimate of drug-likeness (QED) is 0.455. The minimum atomic E-state index is -4.40. The van der Waals surface area contributed by atoms with E-state index < -0.39 is 11.9 Å². The van der Waals surface area contributed by atoms with Crippen LogP contribution in [0.1, 0.15) is 11.3 Å². The average Bonchev–Trinajstić information content (AvgIpc) is 2.34. The van der Waals surface area contributed by atoms with Gasteiger partial charge in [-0.05, 0) is 0 Å². The Morgan fingerprint density at radius 1 is 1.58 bits per heavy atom. The lowest BCUT2D eigenvalue weighted by Gasteiger charge is -2.05. The summed E-state index contributed by atoms with van der Waals surface area (Å²) in [5.41, 5.74) is 1.27. The molecule has 0 atom stereocenters. The molecule has 7 heteroatoms. The van der Waals surface area contributed by atoms with E-state index in [9.17, 15) is 13.2 Å². The van der Waals surface area contributed by atoms with Crippen LogP contribution in [-0.4, -0.2) is 10.2 Å². The summed E-state index contributed by atoms with van der Waals surface area (Å²) < 4.78 is 36.2. The largest absolute Gasteiger partial charge is 0.433 e. The van der Waals surface area contributed by atoms with Crippen LogP contribution in [0.15, 0.2) is 6.20 Å². The number of nitrogens with two attached hydrogens (primary N) is 1. The van der Waals surface area contributed by atoms with Gasteiger partial charge in [-0.15, -0.1) is 0 Å². The lowest BCUT2D eigenvalue weighted by Crippen LogP contribution is -2.22. The molecule has 0 radical (unpaired) electrons. The molecule has 0 unspecified atom stereocenters. The zero-order valence-electron chi connectivity index (χ0n) is 5.94. The second-order valence-electron chi connectivity index (χ2n) is 2.15. The fourth-order valence-corrected chi connectivity index (χ4v) is 0.801. The van der Waals surface area contributed by atoms with Crippen molar-refractivity contribution in [2.24, 2.45) is 5.84 Å². The highest BCUT2D eigenvalue weighted by atomic mass is 19.4. The zero-order chi connectivity index (χ0) is 9.19. The highest BCUT2D eigenvalue weighted by molar-refractivity contribution is 5.18. The first-order valence-electron chi connectivity index (χ1n) is 3.08. The maximum absolute atomic E-state index is 12.1. The van der Waals surface area contributed by atoms with Crippen LogP contribution in [0.4, 0.5) is 13.2 Å². The van der Waals surface area contributed by atoms with Crippen LogP contribution in [0.3, 0.4) is 0 Å². The molecule has 0 saturated heterocycles. The van der Waals surface area contributed by atoms with Crippen molar-refractivity contribution in [2.45, 2.75) is 12.7 Å². The highest BCUT2D eigenvalue weighted by Crippen LogP contribution is 2.29. The van der Waals surface area contributed by atoms with Crippen LogP contribution in [0.2, 0.25) is 0 Å². The third kappa shape index (κ3) is 1.74. The van der Waals surface area contributed by atoms with E-state index in [2.05, 4.69) is 10.5 Å². The van der Waals surface area contributed by atoms with E-state index >= 15 is 0 Å². The van der Waals surface area contributed by atoms with Gasteiger partial charge in [0.2, 0.25) is 0 Å². The van der Waals surface area contributed by atoms with Crippen molar-refractivity contribution >= 4 is 0 Å². The van der Waals surface area contributed by atoms with Crippen molar-refractivity contribution in [1.82, 2.24) is 15.6 Å². The number of hydrogen-bond donors (Lipinski definition) is 3. The minimum absolute atomic E-state index is 0.00463. The molecule has 1 heterocycles. The number of H-pyrrole nitrogens is 1. The Labute approximate surface area is 65.9 Å². The molecule has 1 aromatic rings. The van der Waals surface area contributed by atoms with Crippen molar-refractivity contribution in [3.63, 3.8) is 0 Å². The van der Waals surface area contributed by atoms with Gasteiger partial charge < -0.3 is 0 Å². The monoisotopic (exact) mass is 180 g/mol. The number of hydrazine groups is 1. The summed E-state index contributed by atoms with van der Waals surface area (Å²) in [7, 11) is 0. The van der Waals surface area contributed by atoms with Crippen LogP contribution >= 0.6 is 0 Å². The van der Waals surface area contributed by atoms with Crippen LogP contribution in [0.25, 0.3) is 0 Å². The van der Waals surface area contributed by atoms with Crippen LogP contribution in [0.5, 0.6) is 0 Å². The lowest BCUT2D eigenvalue weighted by atomic mass is 10.2. The molecular formula is C5H7F3N4. The number of hydrogen-bond acceptors (Lipinski definition) is 3. The van der Waals surface area contributed by atoms with Gasteiger partial charge in [-0.1, -0.05) is 0 Å². The maximum atomic E-state index is 12.1. The SMILES string of the molecule is NNCc1cn[nH]c1C(F)(F)F. The van der Waals surface area contributed by atoms with Gasteiger partial charge in [0.25, 0.3) is 0 Å². The fourth-order valence-electron chi connectivity index (χ4n) is 0.801. The molecule has 0 aliphatic rings. The lowest BCUT2D eigenvalue weighted by molar-refractivity contribution is -0.141. The summed E-state index contributed by atoms with van der Waals surface area (Å²) in [6.07, 6.45) is -3.31. The molecule has 0 fully saturated rings. The molecular weight excluding hydrogens is 173 g/mol. The molecule has 12 heavy (non-hydrogen) atoms. The Hall–Kier alpha value is -1.08. The summed E-state index contributed by atoms with van der Waals surface area (Å²) >= 11 is 0. The number of halogens is 3. The highest BCUT2D eigenvalue weighted by Gasteiger charge is 2.35. The first-order chi connectivity index (χ1) is 5.55. The number of aromatic nitrogens is 2. The Morgan fingerprint density at radius 2 is 2.25 bits per heavy atom. The Kier molecular flexibility index (Phi) is 2.34. The van der Waals surface area contributed by atoms with Crippen LogP contribution in [0, 0.1) is 0 Å². The molecule has 0 bridgehead atoms. The summed E-state index contributed by atoms with van der Waals surface area (Å²) in [6.45, 7) is -0.0641. The first kappa shape index (κ1) is 9.01. The van der Waals surface area contributed by atoms with E-state index in [1.807, 2.05) is 5.10 Å². The Morgan fingerprint density at radius 3 is 2.75 bits per heavy atom. The van der Waals surface area contributed by atoms with Gasteiger partial charge in [-0.2, -0.15) is 18.3 Å². The van der Waals surface area contributed by atoms with Crippen LogP contribution in [-0.2, 0) is 12.7 Å². The van der Waals surface area contributed by atoms with Gasteiger partial charge in [0.1, 0.15) is 5.69 Å². The molecule has 0 spiro atoms. The van der Waals surface area contributed by atoms with Gasteiger partial charge >= 0.3 is 6.18 Å². The molecule has 0 aliphatic carbocycles. The van der Waals surface area contributed by atoms with E-state index in [0.29, 0.717) is 0 Å². The molecule has 4 nitrogen and oxygen atoms in total. The standard InChI is InChI=1S/C5H7F3N4/c6-5(7,8)4-3(1-10-9)2-11-12-4/h2,10H,1,9H2,(H,11,12). The smallest absolute Gasteiger partial charge is 0.273 e. The van der Waals surface area contributed by atoms with E-state index in [1.165, 1.54) is 0 Å². The maximum Gasteiger partial charge on any atom is 0.433 e. The van der Waals surface area contributed by atoms with Gasteiger partial charge in [0, 0.05) is 12.1 Å². The third-order valence-corrected chi connectivity index (χ3v) is 1.29. The molecule has 1 rings (SSSR count). The molecule has 0 amide bonds. The molecule has 0 saturated carbocycles. The zero-order valence-corrected chi connectivity index (χ0v) is 5.94. The Bertz CT molecular complexity index is 253. The molecule has 0 aliphatic heterocycles. The van der Waals surface area contributed by atoms with Gasteiger partial charge in [0.05, 0.1) is 6.20 Å². The normalized spacial score (nSPS) is 12.0. The number of aromatic amines is 1. The van der Waals surface area contributed by atoms with Gasteiger partial charge in [0.15, 0.2) is 0 Å². The van der Waals surface area contributed by atoms with Crippen molar-refractivity contribution in [3.05, 3.63) is 17.5 Å². The van der Waals surface area contributed by atoms with Crippen molar-refractivity contribution in [2.75, 3.05) is 0 Å². The number of nitrogens with zero attached hydrogens (tertiary/aromatic N) is 1. The predicted molar refractivity (Wildman–Crippen MR) is 34.6 cm³/mol. The summed E-state index contributed by atoms with van der Waals surface area (Å²) in [5.74, 6) is 4.87. The summed E-state index contributed by atoms with van der Waals surface area (Å²) in [5, 5.41) is 5.13. The van der Waals surface area contributed by atoms with Crippen molar-refractivity contribution < 1.29 is 13.2 Å². The van der Waals surface area contributed by atoms with E-state index in [1.54, 1.807) is 0 Å². The van der Waals surface area contributed by atoms with E-state index in [-0.39, 0.29) is 12.1 Å². The van der Waals surface area contributed by atoms with Crippen LogP contribution < -0.4 is 11.3 Å². The Balaban J connectivity index is 2.91. The van der Waals surface area contributed by atoms with Gasteiger partial charge in [-0.25, -0.2) is 0 Å². The summed E-state index contributed by atoms with van der Waals surface area (Å²) in [6, 6.07) is 0. The second kappa shape index (κ2) is 3.11. The number of rotatable bonds is 2. The van der Waals surface area contributed by atoms with E-state index in [4.69, 9.17) is 5.84 Å². The predicted octanol–water partition coefficient (Wildman–Crippen LogP) is 0.392. The van der Waals surface area contributed by atoms with Crippen molar-refractivity contribution in [1.29, 1.82) is 0 Å². The topological polar surface area (TPSA) is 66.7 Å². The second-order valence-corrected chi connectivity index (χ2v) is 2.15. The fraction of sp³-hybridized carbons (Fsp3) is 0.400. The molecule has 4 N–H and O–H groups in total. The average molecular weight is 180 g/mol. The minimum Gasteiger partial charge on any atom is -0.273 e. The van der Waals surface area contributed by atoms with Crippen molar-refractivity contribution in [3.8, 4) is 0 Å². The molecule has 68 valence electrons. The number of nitrogens with one attached hydrogen (secondary N) is 2. The third-order valence-electron chi connectivity index (χ3n) is 1.29. The molecule has 1 aromatic heterocycles. The number of alkyl halides is 3. The summed E-state index contributed by atoms with van der Waals surface area (Å²) in [4.78, 5) is 0. The van der Waals surface area contributed by atoms with Gasteiger partial charge in [-0.3, -0.25) is 16.4 Å². The first-order valence-corrected chi connectivity index (χ1v) is 3.08. The van der Waals surface area contributed by atoms with E-state index in [0.717, 1.165) is 6.20 Å².